The van der Waals surface area contributed by atoms with Crippen LogP contribution in [0, 0.1) is 11.3 Å². The number of hydrogen-bond acceptors (Lipinski definition) is 5. The van der Waals surface area contributed by atoms with Crippen molar-refractivity contribution in [1.29, 1.82) is 5.26 Å². The van der Waals surface area contributed by atoms with Crippen molar-refractivity contribution in [1.82, 2.24) is 10.3 Å². The molecule has 0 saturated heterocycles. The fraction of sp³-hybridized carbons (Fsp3) is 0.0952. The van der Waals surface area contributed by atoms with Gasteiger partial charge in [0.2, 0.25) is 0 Å². The summed E-state index contributed by atoms with van der Waals surface area (Å²) in [7, 11) is 1.60. The second kappa shape index (κ2) is 8.50. The number of pyridine rings is 1. The number of para-hydroxylation sites is 1. The molecule has 0 aliphatic rings. The van der Waals surface area contributed by atoms with Gasteiger partial charge in [0, 0.05) is 24.0 Å². The Labute approximate surface area is 157 Å². The summed E-state index contributed by atoms with van der Waals surface area (Å²) < 4.78 is 5.28. The topological polar surface area (TPSA) is 87.0 Å². The van der Waals surface area contributed by atoms with E-state index in [9.17, 15) is 4.79 Å². The van der Waals surface area contributed by atoms with Crippen molar-refractivity contribution in [3.05, 3.63) is 83.6 Å². The Morgan fingerprint density at radius 2 is 2.00 bits per heavy atom. The number of carbonyl (C=O) groups is 1. The fourth-order valence-corrected chi connectivity index (χ4v) is 2.54. The molecule has 0 atom stereocenters. The van der Waals surface area contributed by atoms with Crippen LogP contribution in [0.1, 0.15) is 21.5 Å². The van der Waals surface area contributed by atoms with Crippen molar-refractivity contribution in [2.45, 2.75) is 6.54 Å². The lowest BCUT2D eigenvalue weighted by molar-refractivity contribution is 0.0950. The lowest BCUT2D eigenvalue weighted by Gasteiger charge is -2.10. The lowest BCUT2D eigenvalue weighted by Crippen LogP contribution is -2.23. The molecular weight excluding hydrogens is 340 g/mol. The molecule has 3 rings (SSSR count). The molecule has 0 saturated carbocycles. The molecule has 0 aliphatic heterocycles. The fourth-order valence-electron chi connectivity index (χ4n) is 2.54. The number of aromatic nitrogens is 1. The van der Waals surface area contributed by atoms with Gasteiger partial charge in [0.15, 0.2) is 0 Å². The molecule has 0 aliphatic carbocycles. The Hall–Kier alpha value is -3.85. The van der Waals surface area contributed by atoms with Crippen molar-refractivity contribution in [2.75, 3.05) is 12.4 Å². The number of methoxy groups -OCH3 is 1. The summed E-state index contributed by atoms with van der Waals surface area (Å²) in [5.74, 6) is 1.10. The molecule has 6 heteroatoms. The van der Waals surface area contributed by atoms with Crippen LogP contribution in [0.5, 0.6) is 5.75 Å². The van der Waals surface area contributed by atoms with Gasteiger partial charge in [-0.1, -0.05) is 24.3 Å². The van der Waals surface area contributed by atoms with Crippen LogP contribution >= 0.6 is 0 Å². The first kappa shape index (κ1) is 18.0. The molecule has 1 aromatic heterocycles. The molecule has 0 fully saturated rings. The highest BCUT2D eigenvalue weighted by molar-refractivity contribution is 5.94. The molecule has 134 valence electrons. The molecule has 3 aromatic rings. The van der Waals surface area contributed by atoms with Crippen LogP contribution in [-0.2, 0) is 6.54 Å². The zero-order valence-corrected chi connectivity index (χ0v) is 14.8. The quantitative estimate of drug-likeness (QED) is 0.702. The number of nitriles is 1. The second-order valence-electron chi connectivity index (χ2n) is 5.74. The third-order valence-corrected chi connectivity index (χ3v) is 3.92. The van der Waals surface area contributed by atoms with Crippen LogP contribution in [0.15, 0.2) is 66.9 Å². The predicted molar refractivity (Wildman–Crippen MR) is 103 cm³/mol. The van der Waals surface area contributed by atoms with Gasteiger partial charge < -0.3 is 15.4 Å². The zero-order valence-electron chi connectivity index (χ0n) is 14.8. The summed E-state index contributed by atoms with van der Waals surface area (Å²) >= 11 is 0. The van der Waals surface area contributed by atoms with Gasteiger partial charge in [-0.25, -0.2) is 4.98 Å². The maximum atomic E-state index is 12.3. The van der Waals surface area contributed by atoms with E-state index in [0.717, 1.165) is 17.0 Å². The number of anilines is 2. The minimum Gasteiger partial charge on any atom is -0.496 e. The molecule has 2 N–H and O–H groups in total. The van der Waals surface area contributed by atoms with Gasteiger partial charge in [0.05, 0.1) is 24.3 Å². The normalized spacial score (nSPS) is 9.93. The van der Waals surface area contributed by atoms with E-state index in [0.29, 0.717) is 23.5 Å². The number of benzene rings is 2. The van der Waals surface area contributed by atoms with E-state index in [2.05, 4.69) is 21.7 Å². The molecule has 0 unspecified atom stereocenters. The monoisotopic (exact) mass is 358 g/mol. The number of hydrogen-bond donors (Lipinski definition) is 2. The van der Waals surface area contributed by atoms with E-state index < -0.39 is 0 Å². The highest BCUT2D eigenvalue weighted by Crippen LogP contribution is 2.18. The first-order valence-electron chi connectivity index (χ1n) is 8.33. The summed E-state index contributed by atoms with van der Waals surface area (Å²) in [6.45, 7) is 0.365. The summed E-state index contributed by atoms with van der Waals surface area (Å²) in [4.78, 5) is 16.6. The van der Waals surface area contributed by atoms with E-state index >= 15 is 0 Å². The minimum absolute atomic E-state index is 0.216. The highest BCUT2D eigenvalue weighted by atomic mass is 16.5. The third-order valence-electron chi connectivity index (χ3n) is 3.92. The van der Waals surface area contributed by atoms with E-state index in [1.54, 1.807) is 37.4 Å². The third kappa shape index (κ3) is 4.61. The lowest BCUT2D eigenvalue weighted by atomic mass is 10.2. The van der Waals surface area contributed by atoms with Crippen molar-refractivity contribution in [3.63, 3.8) is 0 Å². The SMILES string of the molecule is COc1ccccc1CNC(=O)c1ccc(Nc2cccc(C#N)c2)nc1. The molecule has 0 radical (unpaired) electrons. The molecule has 0 bridgehead atoms. The Kier molecular flexibility index (Phi) is 5.65. The van der Waals surface area contributed by atoms with E-state index in [-0.39, 0.29) is 5.91 Å². The van der Waals surface area contributed by atoms with E-state index in [4.69, 9.17) is 10.00 Å². The largest absolute Gasteiger partial charge is 0.496 e. The molecule has 1 amide bonds. The Balaban J connectivity index is 1.62. The number of nitrogens with one attached hydrogen (secondary N) is 2. The Morgan fingerprint density at radius 1 is 1.15 bits per heavy atom. The van der Waals surface area contributed by atoms with Gasteiger partial charge in [-0.3, -0.25) is 4.79 Å². The van der Waals surface area contributed by atoms with Crippen molar-refractivity contribution < 1.29 is 9.53 Å². The predicted octanol–water partition coefficient (Wildman–Crippen LogP) is 3.64. The van der Waals surface area contributed by atoms with Gasteiger partial charge in [0.1, 0.15) is 11.6 Å². The van der Waals surface area contributed by atoms with Crippen LogP contribution in [0.4, 0.5) is 11.5 Å². The number of ether oxygens (including phenoxy) is 1. The Morgan fingerprint density at radius 3 is 2.74 bits per heavy atom. The first-order valence-corrected chi connectivity index (χ1v) is 8.33. The molecule has 1 heterocycles. The second-order valence-corrected chi connectivity index (χ2v) is 5.74. The number of rotatable bonds is 6. The standard InChI is InChI=1S/C21H18N4O2/c1-27-19-8-3-2-6-16(19)13-24-21(26)17-9-10-20(23-14-17)25-18-7-4-5-15(11-18)12-22/h2-11,14H,13H2,1H3,(H,23,25)(H,24,26). The van der Waals surface area contributed by atoms with Crippen LogP contribution in [0.25, 0.3) is 0 Å². The van der Waals surface area contributed by atoms with Crippen molar-refractivity contribution >= 4 is 17.4 Å². The van der Waals surface area contributed by atoms with E-state index in [1.165, 1.54) is 6.20 Å². The maximum Gasteiger partial charge on any atom is 0.253 e. The number of amides is 1. The smallest absolute Gasteiger partial charge is 0.253 e. The number of nitrogens with zero attached hydrogens (tertiary/aromatic N) is 2. The average molecular weight is 358 g/mol. The number of carbonyl (C=O) groups excluding carboxylic acids is 1. The van der Waals surface area contributed by atoms with Gasteiger partial charge in [0.25, 0.3) is 5.91 Å². The van der Waals surface area contributed by atoms with Gasteiger partial charge in [-0.15, -0.1) is 0 Å². The summed E-state index contributed by atoms with van der Waals surface area (Å²) in [5, 5.41) is 14.9. The van der Waals surface area contributed by atoms with Crippen LogP contribution in [0.2, 0.25) is 0 Å². The van der Waals surface area contributed by atoms with Crippen LogP contribution < -0.4 is 15.4 Å². The van der Waals surface area contributed by atoms with Gasteiger partial charge in [-0.05, 0) is 36.4 Å². The van der Waals surface area contributed by atoms with Crippen LogP contribution in [-0.4, -0.2) is 18.0 Å². The van der Waals surface area contributed by atoms with E-state index in [1.807, 2.05) is 30.3 Å². The first-order chi connectivity index (χ1) is 13.2. The van der Waals surface area contributed by atoms with Crippen molar-refractivity contribution in [3.8, 4) is 11.8 Å². The minimum atomic E-state index is -0.216. The van der Waals surface area contributed by atoms with Crippen molar-refractivity contribution in [2.24, 2.45) is 0 Å². The highest BCUT2D eigenvalue weighted by Gasteiger charge is 2.08. The Bertz CT molecular complexity index is 978. The molecule has 0 spiro atoms. The summed E-state index contributed by atoms with van der Waals surface area (Å²) in [6.07, 6.45) is 1.51. The summed E-state index contributed by atoms with van der Waals surface area (Å²) in [5.41, 5.74) is 2.68. The zero-order chi connectivity index (χ0) is 19.1. The molecule has 2 aromatic carbocycles. The maximum absolute atomic E-state index is 12.3. The molecule has 27 heavy (non-hydrogen) atoms. The molecular formula is C21H18N4O2. The molecule has 6 nitrogen and oxygen atoms in total. The van der Waals surface area contributed by atoms with Crippen LogP contribution in [0.3, 0.4) is 0 Å². The van der Waals surface area contributed by atoms with Gasteiger partial charge >= 0.3 is 0 Å². The summed E-state index contributed by atoms with van der Waals surface area (Å²) in [6, 6.07) is 20.1. The van der Waals surface area contributed by atoms with Gasteiger partial charge in [-0.2, -0.15) is 5.26 Å². The average Bonchev–Trinajstić information content (AvgIpc) is 2.73.